The largest absolute Gasteiger partial charge is 0.491 e. The van der Waals surface area contributed by atoms with Gasteiger partial charge in [0.25, 0.3) is 0 Å². The molecule has 1 heterocycles. The molecule has 0 bridgehead atoms. The normalized spacial score (nSPS) is 15.9. The van der Waals surface area contributed by atoms with Crippen LogP contribution in [0.2, 0.25) is 0 Å². The third kappa shape index (κ3) is 5.21. The van der Waals surface area contributed by atoms with E-state index in [1.165, 1.54) is 18.1 Å². The quantitative estimate of drug-likeness (QED) is 0.685. The fourth-order valence-electron chi connectivity index (χ4n) is 3.39. The highest BCUT2D eigenvalue weighted by Gasteiger charge is 2.24. The molecule has 0 unspecified atom stereocenters. The molecule has 0 amide bonds. The smallest absolute Gasteiger partial charge is 0.337 e. The van der Waals surface area contributed by atoms with Crippen molar-refractivity contribution in [2.75, 3.05) is 51.3 Å². The van der Waals surface area contributed by atoms with Gasteiger partial charge in [0.15, 0.2) is 0 Å². The summed E-state index contributed by atoms with van der Waals surface area (Å²) < 4.78 is 24.2. The van der Waals surface area contributed by atoms with Crippen molar-refractivity contribution in [3.63, 3.8) is 0 Å². The number of hydrogen-bond acceptors (Lipinski definition) is 5. The van der Waals surface area contributed by atoms with Crippen molar-refractivity contribution in [3.05, 3.63) is 59.9 Å². The molecule has 2 aromatic carbocycles. The number of aliphatic hydroxyl groups is 1. The van der Waals surface area contributed by atoms with E-state index in [4.69, 9.17) is 9.47 Å². The first-order chi connectivity index (χ1) is 13.6. The van der Waals surface area contributed by atoms with Crippen LogP contribution in [0.15, 0.2) is 48.5 Å². The molecule has 1 atom stereocenters. The van der Waals surface area contributed by atoms with Crippen LogP contribution < -0.4 is 14.5 Å². The van der Waals surface area contributed by atoms with Crippen molar-refractivity contribution in [3.8, 4) is 5.75 Å². The molecule has 2 aromatic rings. The molecule has 150 valence electrons. The van der Waals surface area contributed by atoms with Crippen molar-refractivity contribution in [2.45, 2.75) is 6.10 Å². The van der Waals surface area contributed by atoms with Crippen LogP contribution in [0, 0.1) is 5.82 Å². The van der Waals surface area contributed by atoms with Crippen LogP contribution in [-0.2, 0) is 4.74 Å². The van der Waals surface area contributed by atoms with E-state index in [-0.39, 0.29) is 12.4 Å². The number of benzene rings is 2. The van der Waals surface area contributed by atoms with Crippen LogP contribution in [0.5, 0.6) is 5.75 Å². The molecule has 28 heavy (non-hydrogen) atoms. The van der Waals surface area contributed by atoms with Crippen molar-refractivity contribution in [1.82, 2.24) is 0 Å². The molecule has 1 aliphatic heterocycles. The van der Waals surface area contributed by atoms with Crippen LogP contribution in [0.1, 0.15) is 10.4 Å². The summed E-state index contributed by atoms with van der Waals surface area (Å²) in [4.78, 5) is 14.9. The van der Waals surface area contributed by atoms with Crippen LogP contribution in [0.3, 0.4) is 0 Å². The van der Waals surface area contributed by atoms with Crippen molar-refractivity contribution < 1.29 is 28.7 Å². The maximum absolute atomic E-state index is 13.9. The van der Waals surface area contributed by atoms with Gasteiger partial charge in [-0.3, -0.25) is 0 Å². The highest BCUT2D eigenvalue weighted by molar-refractivity contribution is 5.89. The third-order valence-electron chi connectivity index (χ3n) is 4.89. The van der Waals surface area contributed by atoms with E-state index in [2.05, 4.69) is 0 Å². The number of aliphatic hydroxyl groups excluding tert-OH is 1. The SMILES string of the molecule is COC(=O)c1cccc(OC[C@H](O)C[NH+]2CCN(c3ccccc3F)CC2)c1. The van der Waals surface area contributed by atoms with Crippen LogP contribution in [0.4, 0.5) is 10.1 Å². The molecule has 0 aromatic heterocycles. The summed E-state index contributed by atoms with van der Waals surface area (Å²) in [6.07, 6.45) is -0.628. The Morgan fingerprint density at radius 1 is 1.21 bits per heavy atom. The lowest BCUT2D eigenvalue weighted by Gasteiger charge is -2.34. The lowest BCUT2D eigenvalue weighted by Crippen LogP contribution is -3.16. The van der Waals surface area contributed by atoms with E-state index in [0.717, 1.165) is 26.2 Å². The fraction of sp³-hybridized carbons (Fsp3) is 0.381. The Morgan fingerprint density at radius 2 is 1.96 bits per heavy atom. The van der Waals surface area contributed by atoms with Crippen LogP contribution in [0.25, 0.3) is 0 Å². The number of hydrogen-bond donors (Lipinski definition) is 2. The highest BCUT2D eigenvalue weighted by Crippen LogP contribution is 2.18. The van der Waals surface area contributed by atoms with Gasteiger partial charge in [-0.25, -0.2) is 9.18 Å². The predicted octanol–water partition coefficient (Wildman–Crippen LogP) is 0.757. The number of methoxy groups -OCH3 is 1. The zero-order valence-electron chi connectivity index (χ0n) is 15.9. The number of esters is 1. The van der Waals surface area contributed by atoms with Gasteiger partial charge in [0.05, 0.1) is 44.5 Å². The number of nitrogens with one attached hydrogen (secondary N) is 1. The summed E-state index contributed by atoms with van der Waals surface area (Å²) in [6, 6.07) is 13.5. The van der Waals surface area contributed by atoms with Gasteiger partial charge in [0.1, 0.15) is 30.8 Å². The molecular formula is C21H26FN2O4+. The topological polar surface area (TPSA) is 63.4 Å². The van der Waals surface area contributed by atoms with Gasteiger partial charge in [0, 0.05) is 0 Å². The first kappa shape index (κ1) is 20.1. The summed E-state index contributed by atoms with van der Waals surface area (Å²) in [7, 11) is 1.33. The van der Waals surface area contributed by atoms with Gasteiger partial charge < -0.3 is 24.4 Å². The second kappa shape index (κ2) is 9.52. The first-order valence-electron chi connectivity index (χ1n) is 9.39. The summed E-state index contributed by atoms with van der Waals surface area (Å²) in [6.45, 7) is 3.83. The van der Waals surface area contributed by atoms with Gasteiger partial charge in [-0.15, -0.1) is 0 Å². The zero-order valence-corrected chi connectivity index (χ0v) is 15.9. The highest BCUT2D eigenvalue weighted by atomic mass is 19.1. The van der Waals surface area contributed by atoms with Crippen LogP contribution in [-0.4, -0.2) is 63.6 Å². The van der Waals surface area contributed by atoms with E-state index in [0.29, 0.717) is 23.5 Å². The Balaban J connectivity index is 1.44. The summed E-state index contributed by atoms with van der Waals surface area (Å²) in [5.74, 6) is -0.113. The minimum atomic E-state index is -0.628. The Hall–Kier alpha value is -2.64. The van der Waals surface area contributed by atoms with Crippen LogP contribution >= 0.6 is 0 Å². The summed E-state index contributed by atoms with van der Waals surface area (Å²) in [5, 5.41) is 10.3. The number of carbonyl (C=O) groups is 1. The predicted molar refractivity (Wildman–Crippen MR) is 103 cm³/mol. The second-order valence-electron chi connectivity index (χ2n) is 6.88. The standard InChI is InChI=1S/C21H25FN2O4/c1-27-21(26)16-5-4-6-18(13-16)28-15-17(25)14-23-9-11-24(12-10-23)20-8-3-2-7-19(20)22/h2-8,13,17,25H,9-12,14-15H2,1H3/p+1/t17-/m1/s1. The molecule has 1 saturated heterocycles. The van der Waals surface area contributed by atoms with Gasteiger partial charge in [0.2, 0.25) is 0 Å². The number of nitrogens with zero attached hydrogens (tertiary/aromatic N) is 1. The Kier molecular flexibility index (Phi) is 6.84. The number of carbonyl (C=O) groups excluding carboxylic acids is 1. The molecule has 0 aliphatic carbocycles. The van der Waals surface area contributed by atoms with E-state index >= 15 is 0 Å². The van der Waals surface area contributed by atoms with Gasteiger partial charge in [-0.1, -0.05) is 18.2 Å². The maximum atomic E-state index is 13.9. The lowest BCUT2D eigenvalue weighted by atomic mass is 10.2. The Morgan fingerprint density at radius 3 is 2.68 bits per heavy atom. The van der Waals surface area contributed by atoms with E-state index < -0.39 is 12.1 Å². The molecule has 7 heteroatoms. The lowest BCUT2D eigenvalue weighted by molar-refractivity contribution is -0.903. The number of rotatable bonds is 7. The first-order valence-corrected chi connectivity index (χ1v) is 9.39. The second-order valence-corrected chi connectivity index (χ2v) is 6.88. The number of anilines is 1. The number of para-hydroxylation sites is 1. The molecular weight excluding hydrogens is 363 g/mol. The Labute approximate surface area is 164 Å². The minimum Gasteiger partial charge on any atom is -0.491 e. The monoisotopic (exact) mass is 389 g/mol. The number of ether oxygens (including phenoxy) is 2. The molecule has 2 N–H and O–H groups in total. The number of piperazine rings is 1. The van der Waals surface area contributed by atoms with E-state index in [1.807, 2.05) is 11.0 Å². The van der Waals surface area contributed by atoms with Crippen molar-refractivity contribution in [1.29, 1.82) is 0 Å². The molecule has 0 spiro atoms. The Bertz CT molecular complexity index is 793. The van der Waals surface area contributed by atoms with Crippen molar-refractivity contribution >= 4 is 11.7 Å². The third-order valence-corrected chi connectivity index (χ3v) is 4.89. The van der Waals surface area contributed by atoms with Gasteiger partial charge in [-0.2, -0.15) is 0 Å². The average molecular weight is 389 g/mol. The van der Waals surface area contributed by atoms with Gasteiger partial charge in [-0.05, 0) is 30.3 Å². The molecule has 3 rings (SSSR count). The molecule has 0 radical (unpaired) electrons. The molecule has 6 nitrogen and oxygen atoms in total. The molecule has 1 fully saturated rings. The fourth-order valence-corrected chi connectivity index (χ4v) is 3.39. The number of halogens is 1. The zero-order chi connectivity index (χ0) is 19.9. The summed E-state index contributed by atoms with van der Waals surface area (Å²) in [5.41, 5.74) is 1.04. The minimum absolute atomic E-state index is 0.144. The van der Waals surface area contributed by atoms with E-state index in [1.54, 1.807) is 36.4 Å². The molecule has 1 aliphatic rings. The summed E-state index contributed by atoms with van der Waals surface area (Å²) >= 11 is 0. The van der Waals surface area contributed by atoms with Gasteiger partial charge >= 0.3 is 5.97 Å². The maximum Gasteiger partial charge on any atom is 0.337 e. The average Bonchev–Trinajstić information content (AvgIpc) is 2.73. The van der Waals surface area contributed by atoms with Crippen molar-refractivity contribution in [2.24, 2.45) is 0 Å². The number of quaternary nitrogens is 1. The van der Waals surface area contributed by atoms with E-state index in [9.17, 15) is 14.3 Å². The molecule has 0 saturated carbocycles.